The highest BCUT2D eigenvalue weighted by atomic mass is 16.3. The van der Waals surface area contributed by atoms with Crippen LogP contribution in [0.3, 0.4) is 0 Å². The molecule has 1 amide bonds. The number of hydrogen-bond acceptors (Lipinski definition) is 5. The maximum Gasteiger partial charge on any atom is 0.226 e. The Kier molecular flexibility index (Phi) is 4.53. The van der Waals surface area contributed by atoms with E-state index in [9.17, 15) is 4.79 Å². The van der Waals surface area contributed by atoms with Gasteiger partial charge in [0.2, 0.25) is 11.8 Å². The van der Waals surface area contributed by atoms with Gasteiger partial charge in [-0.15, -0.1) is 0 Å². The molecule has 0 radical (unpaired) electrons. The lowest BCUT2D eigenvalue weighted by atomic mass is 9.95. The zero-order valence-electron chi connectivity index (χ0n) is 14.6. The van der Waals surface area contributed by atoms with Crippen LogP contribution in [0.4, 0.5) is 0 Å². The molecule has 1 saturated heterocycles. The quantitative estimate of drug-likeness (QED) is 0.736. The highest BCUT2D eigenvalue weighted by Gasteiger charge is 2.31. The Labute approximate surface area is 151 Å². The van der Waals surface area contributed by atoms with Gasteiger partial charge in [-0.05, 0) is 18.6 Å². The summed E-state index contributed by atoms with van der Waals surface area (Å²) < 4.78 is 7.53. The number of nitrogens with one attached hydrogen (secondary N) is 2. The molecule has 7 heteroatoms. The van der Waals surface area contributed by atoms with E-state index in [2.05, 4.69) is 20.6 Å². The number of aryl methyl sites for hydroxylation is 1. The van der Waals surface area contributed by atoms with Gasteiger partial charge in [-0.3, -0.25) is 4.79 Å². The van der Waals surface area contributed by atoms with Gasteiger partial charge in [0.15, 0.2) is 0 Å². The normalized spacial score (nSPS) is 20.1. The Hall–Kier alpha value is -2.93. The molecular weight excluding hydrogens is 330 g/mol. The maximum absolute atomic E-state index is 11.9. The second kappa shape index (κ2) is 7.13. The second-order valence-electron chi connectivity index (χ2n) is 6.51. The lowest BCUT2D eigenvalue weighted by Crippen LogP contribution is -2.48. The van der Waals surface area contributed by atoms with Crippen LogP contribution in [0, 0.1) is 0 Å². The van der Waals surface area contributed by atoms with Gasteiger partial charge in [0.1, 0.15) is 6.26 Å². The van der Waals surface area contributed by atoms with E-state index in [0.717, 1.165) is 23.4 Å². The smallest absolute Gasteiger partial charge is 0.226 e. The summed E-state index contributed by atoms with van der Waals surface area (Å²) in [5.74, 6) is 0.685. The summed E-state index contributed by atoms with van der Waals surface area (Å²) in [6.45, 7) is 0.575. The van der Waals surface area contributed by atoms with Crippen molar-refractivity contribution in [2.75, 3.05) is 0 Å². The number of imidazole rings is 1. The van der Waals surface area contributed by atoms with E-state index in [1.807, 2.05) is 41.9 Å². The van der Waals surface area contributed by atoms with Crippen molar-refractivity contribution < 1.29 is 9.21 Å². The first-order valence-electron chi connectivity index (χ1n) is 8.69. The average Bonchev–Trinajstić information content (AvgIpc) is 3.30. The van der Waals surface area contributed by atoms with Crippen LogP contribution >= 0.6 is 0 Å². The maximum atomic E-state index is 11.9. The number of benzene rings is 1. The second-order valence-corrected chi connectivity index (χ2v) is 6.51. The molecule has 3 heterocycles. The Balaban J connectivity index is 1.45. The monoisotopic (exact) mass is 351 g/mol. The zero-order chi connectivity index (χ0) is 17.9. The molecule has 1 aromatic carbocycles. The topological polar surface area (TPSA) is 85.0 Å². The molecule has 2 aromatic heterocycles. The molecule has 7 nitrogen and oxygen atoms in total. The largest absolute Gasteiger partial charge is 0.444 e. The summed E-state index contributed by atoms with van der Waals surface area (Å²) >= 11 is 0. The molecule has 1 aliphatic rings. The number of hydrogen-bond donors (Lipinski definition) is 2. The Bertz CT molecular complexity index is 886. The van der Waals surface area contributed by atoms with Crippen molar-refractivity contribution in [2.45, 2.75) is 31.5 Å². The van der Waals surface area contributed by atoms with E-state index >= 15 is 0 Å². The van der Waals surface area contributed by atoms with Crippen molar-refractivity contribution in [3.63, 3.8) is 0 Å². The Morgan fingerprint density at radius 2 is 2.19 bits per heavy atom. The van der Waals surface area contributed by atoms with Crippen LogP contribution in [0.15, 0.2) is 53.5 Å². The van der Waals surface area contributed by atoms with Crippen LogP contribution in [0.1, 0.15) is 30.3 Å². The summed E-state index contributed by atoms with van der Waals surface area (Å²) in [6.07, 6.45) is 6.51. The third-order valence-corrected chi connectivity index (χ3v) is 4.69. The molecule has 1 aliphatic heterocycles. The van der Waals surface area contributed by atoms with Gasteiger partial charge in [0.25, 0.3) is 0 Å². The van der Waals surface area contributed by atoms with Crippen molar-refractivity contribution in [3.8, 4) is 11.5 Å². The third-order valence-electron chi connectivity index (χ3n) is 4.69. The fraction of sp³-hybridized carbons (Fsp3) is 0.316. The third kappa shape index (κ3) is 3.39. The first-order valence-corrected chi connectivity index (χ1v) is 8.69. The van der Waals surface area contributed by atoms with Gasteiger partial charge in [0.05, 0.1) is 30.0 Å². The van der Waals surface area contributed by atoms with Crippen LogP contribution in [0.25, 0.3) is 11.5 Å². The summed E-state index contributed by atoms with van der Waals surface area (Å²) in [5.41, 5.74) is 2.78. The molecule has 2 atom stereocenters. The molecule has 1 fully saturated rings. The predicted molar refractivity (Wildman–Crippen MR) is 95.9 cm³/mol. The van der Waals surface area contributed by atoms with Gasteiger partial charge >= 0.3 is 0 Å². The number of carbonyl (C=O) groups is 1. The summed E-state index contributed by atoms with van der Waals surface area (Å²) in [6, 6.07) is 9.83. The van der Waals surface area contributed by atoms with Crippen LogP contribution in [-0.2, 0) is 18.4 Å². The molecule has 0 unspecified atom stereocenters. The molecule has 3 aromatic rings. The molecule has 26 heavy (non-hydrogen) atoms. The van der Waals surface area contributed by atoms with Gasteiger partial charge in [0, 0.05) is 31.6 Å². The van der Waals surface area contributed by atoms with Crippen molar-refractivity contribution in [2.24, 2.45) is 7.05 Å². The number of rotatable bonds is 5. The molecule has 0 saturated carbocycles. The van der Waals surface area contributed by atoms with E-state index in [1.54, 1.807) is 18.8 Å². The van der Waals surface area contributed by atoms with Gasteiger partial charge in [-0.1, -0.05) is 18.2 Å². The fourth-order valence-electron chi connectivity index (χ4n) is 3.30. The van der Waals surface area contributed by atoms with Crippen LogP contribution in [-0.4, -0.2) is 26.5 Å². The van der Waals surface area contributed by atoms with Crippen molar-refractivity contribution in [3.05, 3.63) is 60.5 Å². The van der Waals surface area contributed by atoms with Gasteiger partial charge in [-0.25, -0.2) is 9.97 Å². The fourth-order valence-corrected chi connectivity index (χ4v) is 3.30. The van der Waals surface area contributed by atoms with E-state index in [1.165, 1.54) is 0 Å². The lowest BCUT2D eigenvalue weighted by molar-refractivity contribution is -0.124. The first-order chi connectivity index (χ1) is 12.7. The molecule has 4 rings (SSSR count). The minimum atomic E-state index is -0.107. The SMILES string of the molecule is Cn1cncc1[C@@H]1NC(=O)CC[C@H]1NCc1coc(-c2ccccc2)n1. The van der Waals surface area contributed by atoms with Crippen molar-refractivity contribution >= 4 is 5.91 Å². The van der Waals surface area contributed by atoms with E-state index in [0.29, 0.717) is 18.9 Å². The average molecular weight is 351 g/mol. The summed E-state index contributed by atoms with van der Waals surface area (Å²) in [5, 5.41) is 6.58. The molecule has 0 aliphatic carbocycles. The number of carbonyl (C=O) groups excluding carboxylic acids is 1. The number of oxazole rings is 1. The predicted octanol–water partition coefficient (Wildman–Crippen LogP) is 2.18. The summed E-state index contributed by atoms with van der Waals surface area (Å²) in [4.78, 5) is 20.6. The minimum absolute atomic E-state index is 0.0713. The first kappa shape index (κ1) is 16.5. The molecule has 134 valence electrons. The number of nitrogens with zero attached hydrogens (tertiary/aromatic N) is 3. The highest BCUT2D eigenvalue weighted by Crippen LogP contribution is 2.24. The van der Waals surface area contributed by atoms with Crippen LogP contribution in [0.5, 0.6) is 0 Å². The molecular formula is C19H21N5O2. The number of aromatic nitrogens is 3. The van der Waals surface area contributed by atoms with Crippen molar-refractivity contribution in [1.29, 1.82) is 0 Å². The minimum Gasteiger partial charge on any atom is -0.444 e. The Morgan fingerprint density at radius 3 is 2.96 bits per heavy atom. The van der Waals surface area contributed by atoms with Crippen molar-refractivity contribution in [1.82, 2.24) is 25.2 Å². The molecule has 0 spiro atoms. The zero-order valence-corrected chi connectivity index (χ0v) is 14.6. The van der Waals surface area contributed by atoms with Crippen LogP contribution < -0.4 is 10.6 Å². The number of piperidine rings is 1. The summed E-state index contributed by atoms with van der Waals surface area (Å²) in [7, 11) is 1.93. The van der Waals surface area contributed by atoms with E-state index < -0.39 is 0 Å². The Morgan fingerprint density at radius 1 is 1.35 bits per heavy atom. The highest BCUT2D eigenvalue weighted by molar-refractivity contribution is 5.77. The molecule has 0 bridgehead atoms. The van der Waals surface area contributed by atoms with Crippen LogP contribution in [0.2, 0.25) is 0 Å². The van der Waals surface area contributed by atoms with E-state index in [4.69, 9.17) is 4.42 Å². The van der Waals surface area contributed by atoms with E-state index in [-0.39, 0.29) is 18.0 Å². The molecule has 2 N–H and O–H groups in total. The standard InChI is InChI=1S/C19H21N5O2/c1-24-12-20-10-16(24)18-15(7-8-17(25)23-18)21-9-14-11-26-19(22-14)13-5-3-2-4-6-13/h2-6,10-12,15,18,21H,7-9H2,1H3,(H,23,25)/t15-,18-/m1/s1. The lowest BCUT2D eigenvalue weighted by Gasteiger charge is -2.33. The van der Waals surface area contributed by atoms with Gasteiger partial charge < -0.3 is 19.6 Å². The van der Waals surface area contributed by atoms with Gasteiger partial charge in [-0.2, -0.15) is 0 Å². The number of amides is 1.